The van der Waals surface area contributed by atoms with Gasteiger partial charge in [0, 0.05) is 16.0 Å². The summed E-state index contributed by atoms with van der Waals surface area (Å²) in [5.41, 5.74) is 6.36. The predicted molar refractivity (Wildman–Crippen MR) is 130 cm³/mol. The molecule has 2 amide bonds. The fraction of sp³-hybridized carbons (Fsp3) is 0.192. The van der Waals surface area contributed by atoms with Gasteiger partial charge in [-0.2, -0.15) is 13.2 Å². The zero-order valence-corrected chi connectivity index (χ0v) is 19.6. The summed E-state index contributed by atoms with van der Waals surface area (Å²) in [6.45, 7) is 0. The number of primary amides is 1. The molecule has 6 nitrogen and oxygen atoms in total. The molecule has 0 unspecified atom stereocenters. The summed E-state index contributed by atoms with van der Waals surface area (Å²) in [5.74, 6) is -1.31. The van der Waals surface area contributed by atoms with Crippen molar-refractivity contribution in [3.63, 3.8) is 0 Å². The minimum Gasteiger partial charge on any atom is -0.437 e. The quantitative estimate of drug-likeness (QED) is 0.353. The van der Waals surface area contributed by atoms with E-state index in [2.05, 4.69) is 10.3 Å². The van der Waals surface area contributed by atoms with Crippen molar-refractivity contribution in [2.45, 2.75) is 31.9 Å². The Morgan fingerprint density at radius 1 is 1.03 bits per heavy atom. The van der Waals surface area contributed by atoms with E-state index in [0.29, 0.717) is 21.5 Å². The van der Waals surface area contributed by atoms with Crippen molar-refractivity contribution in [3.05, 3.63) is 87.3 Å². The topological polar surface area (TPSA) is 97.7 Å². The molecule has 36 heavy (non-hydrogen) atoms. The number of amides is 2. The van der Waals surface area contributed by atoms with Gasteiger partial charge in [0.1, 0.15) is 16.1 Å². The van der Waals surface area contributed by atoms with E-state index >= 15 is 0 Å². The van der Waals surface area contributed by atoms with Crippen LogP contribution in [0.2, 0.25) is 0 Å². The Morgan fingerprint density at radius 3 is 2.58 bits per heavy atom. The van der Waals surface area contributed by atoms with Gasteiger partial charge in [-0.3, -0.25) is 9.59 Å². The largest absolute Gasteiger partial charge is 0.437 e. The first-order valence-corrected chi connectivity index (χ1v) is 12.0. The Kier molecular flexibility index (Phi) is 6.13. The number of anilines is 1. The second-order valence-corrected chi connectivity index (χ2v) is 9.49. The molecule has 0 atom stereocenters. The van der Waals surface area contributed by atoms with Gasteiger partial charge in [0.15, 0.2) is 0 Å². The van der Waals surface area contributed by atoms with Gasteiger partial charge in [-0.25, -0.2) is 4.99 Å². The molecule has 0 bridgehead atoms. The molecular formula is C26H20F3N3O3S. The molecule has 10 heteroatoms. The minimum absolute atomic E-state index is 0.00732. The molecule has 0 saturated heterocycles. The summed E-state index contributed by atoms with van der Waals surface area (Å²) in [6, 6.07) is 12.9. The van der Waals surface area contributed by atoms with Crippen molar-refractivity contribution in [1.29, 1.82) is 0 Å². The molecule has 3 N–H and O–H groups in total. The van der Waals surface area contributed by atoms with E-state index < -0.39 is 23.6 Å². The molecule has 184 valence electrons. The number of thiophene rings is 1. The molecule has 0 fully saturated rings. The van der Waals surface area contributed by atoms with Crippen molar-refractivity contribution < 1.29 is 27.2 Å². The van der Waals surface area contributed by atoms with Crippen LogP contribution in [0.4, 0.5) is 23.9 Å². The Hall–Kier alpha value is -3.92. The minimum atomic E-state index is -4.55. The summed E-state index contributed by atoms with van der Waals surface area (Å²) in [4.78, 5) is 31.1. The maximum absolute atomic E-state index is 13.2. The van der Waals surface area contributed by atoms with Crippen LogP contribution >= 0.6 is 11.3 Å². The van der Waals surface area contributed by atoms with E-state index in [-0.39, 0.29) is 16.8 Å². The Balaban J connectivity index is 1.64. The van der Waals surface area contributed by atoms with Crippen molar-refractivity contribution >= 4 is 44.8 Å². The lowest BCUT2D eigenvalue weighted by Crippen LogP contribution is -2.22. The van der Waals surface area contributed by atoms with Crippen molar-refractivity contribution in [3.8, 4) is 0 Å². The number of hydrogen-bond donors (Lipinski definition) is 2. The first-order valence-electron chi connectivity index (χ1n) is 11.2. The van der Waals surface area contributed by atoms with Crippen LogP contribution in [0.3, 0.4) is 0 Å². The van der Waals surface area contributed by atoms with Gasteiger partial charge >= 0.3 is 6.18 Å². The van der Waals surface area contributed by atoms with Gasteiger partial charge in [-0.05, 0) is 61.6 Å². The van der Waals surface area contributed by atoms with Crippen molar-refractivity contribution in [1.82, 2.24) is 0 Å². The predicted octanol–water partition coefficient (Wildman–Crippen LogP) is 5.98. The fourth-order valence-corrected chi connectivity index (χ4v) is 5.52. The molecule has 0 saturated carbocycles. The summed E-state index contributed by atoms with van der Waals surface area (Å²) >= 11 is 1.34. The third-order valence-electron chi connectivity index (χ3n) is 5.95. The van der Waals surface area contributed by atoms with Crippen LogP contribution in [0.15, 0.2) is 64.0 Å². The number of halogens is 3. The number of carbonyl (C=O) groups is 2. The summed E-state index contributed by atoms with van der Waals surface area (Å²) in [5, 5.41) is 3.45. The van der Waals surface area contributed by atoms with Gasteiger partial charge in [-0.1, -0.05) is 24.3 Å². The smallest absolute Gasteiger partial charge is 0.416 e. The molecule has 2 aromatic heterocycles. The third-order valence-corrected chi connectivity index (χ3v) is 7.14. The summed E-state index contributed by atoms with van der Waals surface area (Å²) < 4.78 is 45.3. The lowest BCUT2D eigenvalue weighted by atomic mass is 9.95. The van der Waals surface area contributed by atoms with Crippen LogP contribution in [-0.4, -0.2) is 11.8 Å². The highest BCUT2D eigenvalue weighted by Gasteiger charge is 2.30. The average Bonchev–Trinajstić information content (AvgIpc) is 3.21. The van der Waals surface area contributed by atoms with E-state index in [1.807, 2.05) is 0 Å². The molecule has 2 aromatic carbocycles. The van der Waals surface area contributed by atoms with E-state index in [0.717, 1.165) is 48.3 Å². The van der Waals surface area contributed by atoms with E-state index in [1.165, 1.54) is 23.5 Å². The Bertz CT molecular complexity index is 1570. The fourth-order valence-electron chi connectivity index (χ4n) is 4.26. The molecule has 1 aliphatic rings. The van der Waals surface area contributed by atoms with Gasteiger partial charge in [-0.15, -0.1) is 11.3 Å². The maximum atomic E-state index is 13.2. The number of para-hydroxylation sites is 1. The molecule has 0 spiro atoms. The lowest BCUT2D eigenvalue weighted by Gasteiger charge is -2.11. The van der Waals surface area contributed by atoms with Crippen LogP contribution in [0.5, 0.6) is 0 Å². The normalized spacial score (nSPS) is 14.0. The zero-order valence-electron chi connectivity index (χ0n) is 18.8. The Labute approximate surface area is 207 Å². The number of benzene rings is 2. The van der Waals surface area contributed by atoms with Crippen LogP contribution < -0.4 is 16.6 Å². The second kappa shape index (κ2) is 9.27. The number of nitrogens with two attached hydrogens (primary N) is 1. The van der Waals surface area contributed by atoms with Crippen molar-refractivity contribution in [2.24, 2.45) is 10.7 Å². The zero-order chi connectivity index (χ0) is 25.4. The van der Waals surface area contributed by atoms with Crippen molar-refractivity contribution in [2.75, 3.05) is 5.32 Å². The van der Waals surface area contributed by atoms with Crippen LogP contribution in [-0.2, 0) is 19.0 Å². The van der Waals surface area contributed by atoms with Crippen LogP contribution in [0.1, 0.15) is 49.6 Å². The van der Waals surface area contributed by atoms with Gasteiger partial charge < -0.3 is 15.5 Å². The highest BCUT2D eigenvalue weighted by molar-refractivity contribution is 7.16. The SMILES string of the molecule is NC(=O)c1c(/N=c2/oc3ccccc3cc2C(=O)Nc2cccc(C(F)(F)F)c2)sc2c1CCCC2. The molecule has 0 radical (unpaired) electrons. The van der Waals surface area contributed by atoms with E-state index in [9.17, 15) is 22.8 Å². The lowest BCUT2D eigenvalue weighted by molar-refractivity contribution is -0.137. The van der Waals surface area contributed by atoms with Crippen LogP contribution in [0.25, 0.3) is 11.0 Å². The number of nitrogens with zero attached hydrogens (tertiary/aromatic N) is 1. The highest BCUT2D eigenvalue weighted by atomic mass is 32.1. The molecule has 0 aliphatic heterocycles. The summed E-state index contributed by atoms with van der Waals surface area (Å²) in [7, 11) is 0. The summed E-state index contributed by atoms with van der Waals surface area (Å²) in [6.07, 6.45) is -1.08. The van der Waals surface area contributed by atoms with Gasteiger partial charge in [0.25, 0.3) is 11.8 Å². The number of nitrogens with one attached hydrogen (secondary N) is 1. The molecule has 2 heterocycles. The first kappa shape index (κ1) is 23.8. The third kappa shape index (κ3) is 4.64. The maximum Gasteiger partial charge on any atom is 0.416 e. The van der Waals surface area contributed by atoms with E-state index in [1.54, 1.807) is 30.3 Å². The number of carbonyl (C=O) groups excluding carboxylic acids is 2. The molecule has 5 rings (SSSR count). The molecule has 4 aromatic rings. The standard InChI is InChI=1S/C26H20F3N3O3S/c27-26(28,29)15-7-5-8-16(13-15)31-23(34)18-12-14-6-1-3-10-19(14)35-24(18)32-25-21(22(30)33)17-9-2-4-11-20(17)36-25/h1,3,5-8,10,12-13H,2,4,9,11H2,(H2,30,33)(H,31,34)/b32-24+. The van der Waals surface area contributed by atoms with Gasteiger partial charge in [0.2, 0.25) is 5.55 Å². The first-order chi connectivity index (χ1) is 17.2. The number of aryl methyl sites for hydroxylation is 1. The van der Waals surface area contributed by atoms with E-state index in [4.69, 9.17) is 10.2 Å². The number of fused-ring (bicyclic) bond motifs is 2. The molecule has 1 aliphatic carbocycles. The van der Waals surface area contributed by atoms with Gasteiger partial charge in [0.05, 0.1) is 11.1 Å². The number of rotatable bonds is 4. The highest BCUT2D eigenvalue weighted by Crippen LogP contribution is 2.39. The number of hydrogen-bond acceptors (Lipinski definition) is 5. The number of alkyl halides is 3. The monoisotopic (exact) mass is 511 g/mol. The Morgan fingerprint density at radius 2 is 1.81 bits per heavy atom. The van der Waals surface area contributed by atoms with Crippen LogP contribution in [0, 0.1) is 0 Å². The average molecular weight is 512 g/mol. The second-order valence-electron chi connectivity index (χ2n) is 8.40. The molecular weight excluding hydrogens is 491 g/mol.